The topological polar surface area (TPSA) is 35.8 Å². The van der Waals surface area contributed by atoms with Gasteiger partial charge in [0.05, 0.1) is 11.3 Å². The summed E-state index contributed by atoms with van der Waals surface area (Å²) in [6, 6.07) is 6.62. The van der Waals surface area contributed by atoms with Crippen molar-refractivity contribution in [3.8, 4) is 0 Å². The van der Waals surface area contributed by atoms with Crippen LogP contribution in [0.5, 0.6) is 0 Å². The Morgan fingerprint density at radius 3 is 2.63 bits per heavy atom. The summed E-state index contributed by atoms with van der Waals surface area (Å²) in [5.74, 6) is 0. The zero-order valence-electron chi connectivity index (χ0n) is 11.8. The first-order chi connectivity index (χ1) is 9.16. The fourth-order valence-corrected chi connectivity index (χ4v) is 3.68. The molecule has 3 nitrogen and oxygen atoms in total. The maximum atomic E-state index is 9.44. The van der Waals surface area contributed by atoms with Crippen molar-refractivity contribution in [1.29, 1.82) is 0 Å². The maximum Gasteiger partial charge on any atom is 0.0860 e. The van der Waals surface area contributed by atoms with E-state index in [1.54, 1.807) is 0 Å². The van der Waals surface area contributed by atoms with Crippen LogP contribution in [0.15, 0.2) is 23.4 Å². The van der Waals surface area contributed by atoms with Crippen molar-refractivity contribution in [3.63, 3.8) is 0 Å². The molecule has 2 aliphatic rings. The lowest BCUT2D eigenvalue weighted by atomic mass is 9.88. The zero-order chi connectivity index (χ0) is 13.5. The standard InChI is InChI=1S/C16H22N2O/c1-12-6-7-14-13(10-12)11-15(17-19)16(14,2)18-8-4-3-5-9-18/h6-7,10,19H,3-5,8-9,11H2,1-2H3. The van der Waals surface area contributed by atoms with Crippen LogP contribution in [0.4, 0.5) is 0 Å². The van der Waals surface area contributed by atoms with Crippen molar-refractivity contribution in [3.05, 3.63) is 34.9 Å². The predicted octanol–water partition coefficient (Wildman–Crippen LogP) is 3.08. The summed E-state index contributed by atoms with van der Waals surface area (Å²) in [6.45, 7) is 6.53. The Labute approximate surface area is 114 Å². The minimum Gasteiger partial charge on any atom is -0.411 e. The van der Waals surface area contributed by atoms with Gasteiger partial charge in [0.2, 0.25) is 0 Å². The number of rotatable bonds is 1. The first kappa shape index (κ1) is 12.7. The van der Waals surface area contributed by atoms with E-state index in [0.717, 1.165) is 25.2 Å². The summed E-state index contributed by atoms with van der Waals surface area (Å²) in [7, 11) is 0. The Morgan fingerprint density at radius 1 is 1.21 bits per heavy atom. The van der Waals surface area contributed by atoms with E-state index in [1.807, 2.05) is 0 Å². The number of aryl methyl sites for hydroxylation is 1. The monoisotopic (exact) mass is 258 g/mol. The van der Waals surface area contributed by atoms with E-state index in [1.165, 1.54) is 36.0 Å². The molecule has 1 saturated heterocycles. The van der Waals surface area contributed by atoms with Gasteiger partial charge in [-0.1, -0.05) is 35.3 Å². The summed E-state index contributed by atoms with van der Waals surface area (Å²) < 4.78 is 0. The highest BCUT2D eigenvalue weighted by Gasteiger charge is 2.45. The van der Waals surface area contributed by atoms with Gasteiger partial charge in [-0.3, -0.25) is 4.90 Å². The molecule has 1 aromatic rings. The molecule has 1 aliphatic carbocycles. The van der Waals surface area contributed by atoms with Crippen molar-refractivity contribution in [2.45, 2.75) is 45.1 Å². The molecule has 3 heteroatoms. The Kier molecular flexibility index (Phi) is 3.09. The molecule has 1 aromatic carbocycles. The van der Waals surface area contributed by atoms with Crippen molar-refractivity contribution in [1.82, 2.24) is 4.90 Å². The average Bonchev–Trinajstić information content (AvgIpc) is 2.73. The van der Waals surface area contributed by atoms with Crippen LogP contribution < -0.4 is 0 Å². The van der Waals surface area contributed by atoms with Crippen LogP contribution in [0.3, 0.4) is 0 Å². The smallest absolute Gasteiger partial charge is 0.0860 e. The van der Waals surface area contributed by atoms with Crippen LogP contribution in [0.2, 0.25) is 0 Å². The lowest BCUT2D eigenvalue weighted by molar-refractivity contribution is 0.131. The number of oxime groups is 1. The van der Waals surface area contributed by atoms with E-state index >= 15 is 0 Å². The van der Waals surface area contributed by atoms with Gasteiger partial charge >= 0.3 is 0 Å². The molecule has 0 aromatic heterocycles. The van der Waals surface area contributed by atoms with Gasteiger partial charge in [0, 0.05) is 6.42 Å². The van der Waals surface area contributed by atoms with Gasteiger partial charge in [-0.05, 0) is 50.9 Å². The van der Waals surface area contributed by atoms with E-state index in [0.29, 0.717) is 0 Å². The van der Waals surface area contributed by atoms with Gasteiger partial charge in [0.1, 0.15) is 0 Å². The maximum absolute atomic E-state index is 9.44. The van der Waals surface area contributed by atoms with Crippen LogP contribution in [0.25, 0.3) is 0 Å². The third kappa shape index (κ3) is 1.88. The molecule has 0 saturated carbocycles. The molecule has 0 amide bonds. The third-order valence-corrected chi connectivity index (χ3v) is 4.81. The van der Waals surface area contributed by atoms with E-state index in [-0.39, 0.29) is 5.54 Å². The van der Waals surface area contributed by atoms with E-state index in [2.05, 4.69) is 42.1 Å². The summed E-state index contributed by atoms with van der Waals surface area (Å²) in [4.78, 5) is 2.49. The molecule has 102 valence electrons. The zero-order valence-corrected chi connectivity index (χ0v) is 11.8. The second kappa shape index (κ2) is 4.64. The highest BCUT2D eigenvalue weighted by molar-refractivity contribution is 5.99. The van der Waals surface area contributed by atoms with Crippen molar-refractivity contribution in [2.75, 3.05) is 13.1 Å². The largest absolute Gasteiger partial charge is 0.411 e. The predicted molar refractivity (Wildman–Crippen MR) is 76.9 cm³/mol. The number of benzene rings is 1. The third-order valence-electron chi connectivity index (χ3n) is 4.81. The van der Waals surface area contributed by atoms with Gasteiger partial charge in [0.15, 0.2) is 0 Å². The Hall–Kier alpha value is -1.35. The second-order valence-corrected chi connectivity index (χ2v) is 6.00. The highest BCUT2D eigenvalue weighted by atomic mass is 16.4. The highest BCUT2D eigenvalue weighted by Crippen LogP contribution is 2.41. The molecular formula is C16H22N2O. The van der Waals surface area contributed by atoms with Gasteiger partial charge in [0.25, 0.3) is 0 Å². The van der Waals surface area contributed by atoms with Crippen molar-refractivity contribution in [2.24, 2.45) is 5.16 Å². The second-order valence-electron chi connectivity index (χ2n) is 6.00. The van der Waals surface area contributed by atoms with Crippen LogP contribution in [0, 0.1) is 6.92 Å². The number of likely N-dealkylation sites (tertiary alicyclic amines) is 1. The molecule has 1 aliphatic heterocycles. The normalized spacial score (nSPS) is 29.7. The number of piperidine rings is 1. The molecule has 3 rings (SSSR count). The van der Waals surface area contributed by atoms with Gasteiger partial charge < -0.3 is 5.21 Å². The first-order valence-electron chi connectivity index (χ1n) is 7.22. The quantitative estimate of drug-likeness (QED) is 0.620. The Balaban J connectivity index is 2.07. The lowest BCUT2D eigenvalue weighted by Crippen LogP contribution is -2.50. The molecule has 0 spiro atoms. The fraction of sp³-hybridized carbons (Fsp3) is 0.562. The molecule has 19 heavy (non-hydrogen) atoms. The summed E-state index contributed by atoms with van der Waals surface area (Å²) >= 11 is 0. The lowest BCUT2D eigenvalue weighted by Gasteiger charge is -2.41. The van der Waals surface area contributed by atoms with Crippen molar-refractivity contribution >= 4 is 5.71 Å². The Bertz CT molecular complexity index is 517. The molecule has 1 N–H and O–H groups in total. The number of fused-ring (bicyclic) bond motifs is 1. The summed E-state index contributed by atoms with van der Waals surface area (Å²) in [5.41, 5.74) is 4.61. The molecule has 1 fully saturated rings. The number of hydrogen-bond donors (Lipinski definition) is 1. The van der Waals surface area contributed by atoms with Crippen LogP contribution in [-0.4, -0.2) is 28.9 Å². The fourth-order valence-electron chi connectivity index (χ4n) is 3.68. The summed E-state index contributed by atoms with van der Waals surface area (Å²) in [5, 5.41) is 13.1. The molecule has 1 atom stereocenters. The van der Waals surface area contributed by atoms with Gasteiger partial charge in [-0.25, -0.2) is 0 Å². The molecule has 1 unspecified atom stereocenters. The van der Waals surface area contributed by atoms with Gasteiger partial charge in [-0.15, -0.1) is 0 Å². The number of hydrogen-bond acceptors (Lipinski definition) is 3. The molecule has 1 heterocycles. The first-order valence-corrected chi connectivity index (χ1v) is 7.22. The SMILES string of the molecule is Cc1ccc2c(c1)CC(=NO)C2(C)N1CCCCC1. The van der Waals surface area contributed by atoms with E-state index < -0.39 is 0 Å². The minimum atomic E-state index is -0.210. The van der Waals surface area contributed by atoms with Crippen LogP contribution in [-0.2, 0) is 12.0 Å². The minimum absolute atomic E-state index is 0.210. The molecule has 0 bridgehead atoms. The van der Waals surface area contributed by atoms with E-state index in [9.17, 15) is 5.21 Å². The van der Waals surface area contributed by atoms with Crippen LogP contribution in [0.1, 0.15) is 42.9 Å². The average molecular weight is 258 g/mol. The number of nitrogens with zero attached hydrogens (tertiary/aromatic N) is 2. The van der Waals surface area contributed by atoms with Gasteiger partial charge in [-0.2, -0.15) is 0 Å². The molecule has 0 radical (unpaired) electrons. The van der Waals surface area contributed by atoms with Crippen LogP contribution >= 0.6 is 0 Å². The Morgan fingerprint density at radius 2 is 1.95 bits per heavy atom. The van der Waals surface area contributed by atoms with Crippen molar-refractivity contribution < 1.29 is 5.21 Å². The molecular weight excluding hydrogens is 236 g/mol. The van der Waals surface area contributed by atoms with E-state index in [4.69, 9.17) is 0 Å². The summed E-state index contributed by atoms with van der Waals surface area (Å²) in [6.07, 6.45) is 4.59.